The van der Waals surface area contributed by atoms with Crippen molar-refractivity contribution >= 4 is 23.4 Å². The number of ether oxygens (including phenoxy) is 2. The average molecular weight is 662 g/mol. The molecule has 0 bridgehead atoms. The lowest BCUT2D eigenvalue weighted by molar-refractivity contribution is -0.136. The van der Waals surface area contributed by atoms with Gasteiger partial charge in [0, 0.05) is 67.6 Å². The van der Waals surface area contributed by atoms with Gasteiger partial charge >= 0.3 is 12.2 Å². The molecular formula is C30H34F7N5O4. The summed E-state index contributed by atoms with van der Waals surface area (Å²) in [7, 11) is 1.18. The average Bonchev–Trinajstić information content (AvgIpc) is 3.31. The Balaban J connectivity index is 1.47. The van der Waals surface area contributed by atoms with Crippen molar-refractivity contribution in [3.05, 3.63) is 47.2 Å². The van der Waals surface area contributed by atoms with Crippen LogP contribution in [-0.4, -0.2) is 68.3 Å². The maximum absolute atomic E-state index is 15.3. The number of halogens is 7. The molecule has 0 spiro atoms. The van der Waals surface area contributed by atoms with Crippen LogP contribution in [0.4, 0.5) is 47.0 Å². The van der Waals surface area contributed by atoms with Gasteiger partial charge in [-0.1, -0.05) is 0 Å². The van der Waals surface area contributed by atoms with Crippen LogP contribution in [0.15, 0.2) is 24.4 Å². The first-order valence-electron chi connectivity index (χ1n) is 15.0. The highest BCUT2D eigenvalue weighted by Crippen LogP contribution is 2.44. The number of hydrogen-bond acceptors (Lipinski definition) is 6. The zero-order valence-electron chi connectivity index (χ0n) is 24.8. The van der Waals surface area contributed by atoms with Gasteiger partial charge in [0.15, 0.2) is 0 Å². The van der Waals surface area contributed by atoms with E-state index in [-0.39, 0.29) is 43.2 Å². The van der Waals surface area contributed by atoms with Gasteiger partial charge in [-0.3, -0.25) is 9.69 Å². The number of nitrogens with zero attached hydrogens (tertiary/aromatic N) is 2. The SMILES string of the molecule is COc1cc(F)c([C@@H]2CN(c3nccc(NC4CCOCC4)c3C(F)(F)F)C(=O)[C@H]2NC(=O)NC2CCC(C(F)F)CC2)c(F)c1. The maximum atomic E-state index is 15.3. The van der Waals surface area contributed by atoms with Crippen LogP contribution in [0.25, 0.3) is 0 Å². The standard InChI is InChI=1S/C30H34F7N5O4/c1-45-18-12-20(31)23(21(32)13-18)19-14-42(28(43)25(19)41-29(44)40-16-4-2-15(3-5-16)26(33)34)27-24(30(35,36)37)22(6-9-38-27)39-17-7-10-46-11-8-17/h6,9,12-13,15-17,19,25-26H,2-5,7-8,10-11,14H2,1H3,(H,38,39)(H2,40,41,44)/t15?,16?,19-,25-/m0/s1. The first-order valence-corrected chi connectivity index (χ1v) is 15.0. The second-order valence-corrected chi connectivity index (χ2v) is 11.7. The van der Waals surface area contributed by atoms with Gasteiger partial charge in [0.25, 0.3) is 5.91 Å². The number of urea groups is 1. The lowest BCUT2D eigenvalue weighted by Crippen LogP contribution is -2.51. The Morgan fingerprint density at radius 2 is 1.67 bits per heavy atom. The fourth-order valence-corrected chi connectivity index (χ4v) is 6.38. The van der Waals surface area contributed by atoms with E-state index in [2.05, 4.69) is 20.9 Å². The predicted octanol–water partition coefficient (Wildman–Crippen LogP) is 5.60. The van der Waals surface area contributed by atoms with Gasteiger partial charge in [0.2, 0.25) is 6.43 Å². The number of carbonyl (C=O) groups is 2. The minimum Gasteiger partial charge on any atom is -0.497 e. The van der Waals surface area contributed by atoms with Gasteiger partial charge in [-0.05, 0) is 44.6 Å². The number of carbonyl (C=O) groups excluding carboxylic acids is 2. The number of hydrogen-bond donors (Lipinski definition) is 3. The van der Waals surface area contributed by atoms with E-state index in [1.807, 2.05) is 0 Å². The minimum absolute atomic E-state index is 0.161. The zero-order chi connectivity index (χ0) is 33.2. The summed E-state index contributed by atoms with van der Waals surface area (Å²) in [4.78, 5) is 31.5. The number of anilines is 2. The second-order valence-electron chi connectivity index (χ2n) is 11.7. The van der Waals surface area contributed by atoms with Gasteiger partial charge in [0.05, 0.1) is 12.8 Å². The fraction of sp³-hybridized carbons (Fsp3) is 0.567. The first kappa shape index (κ1) is 33.5. The molecule has 3 fully saturated rings. The summed E-state index contributed by atoms with van der Waals surface area (Å²) in [6.45, 7) is 0.0524. The highest BCUT2D eigenvalue weighted by molar-refractivity contribution is 6.03. The molecule has 2 aliphatic heterocycles. The molecule has 2 atom stereocenters. The summed E-state index contributed by atoms with van der Waals surface area (Å²) in [5.74, 6) is -6.58. The van der Waals surface area contributed by atoms with E-state index in [0.29, 0.717) is 31.0 Å². The topological polar surface area (TPSA) is 105 Å². The Morgan fingerprint density at radius 3 is 2.26 bits per heavy atom. The van der Waals surface area contributed by atoms with Crippen LogP contribution in [0.1, 0.15) is 55.6 Å². The number of alkyl halides is 5. The van der Waals surface area contributed by atoms with Crippen molar-refractivity contribution in [1.82, 2.24) is 15.6 Å². The van der Waals surface area contributed by atoms with Gasteiger partial charge < -0.3 is 25.4 Å². The van der Waals surface area contributed by atoms with Crippen LogP contribution in [0.3, 0.4) is 0 Å². The monoisotopic (exact) mass is 661 g/mol. The summed E-state index contributed by atoms with van der Waals surface area (Å²) in [5.41, 5.74) is -2.21. The van der Waals surface area contributed by atoms with E-state index in [0.717, 1.165) is 24.4 Å². The van der Waals surface area contributed by atoms with E-state index >= 15 is 8.78 Å². The van der Waals surface area contributed by atoms with Crippen molar-refractivity contribution in [3.63, 3.8) is 0 Å². The molecule has 2 saturated heterocycles. The van der Waals surface area contributed by atoms with Gasteiger partial charge in [-0.15, -0.1) is 0 Å². The van der Waals surface area contributed by atoms with Crippen molar-refractivity contribution in [2.24, 2.45) is 5.92 Å². The van der Waals surface area contributed by atoms with E-state index < -0.39 is 83.6 Å². The molecule has 46 heavy (non-hydrogen) atoms. The summed E-state index contributed by atoms with van der Waals surface area (Å²) < 4.78 is 111. The molecule has 1 aromatic heterocycles. The van der Waals surface area contributed by atoms with Gasteiger partial charge in [-0.2, -0.15) is 13.2 Å². The Hall–Kier alpha value is -3.82. The molecule has 1 aromatic carbocycles. The highest BCUT2D eigenvalue weighted by atomic mass is 19.4. The molecule has 9 nitrogen and oxygen atoms in total. The lowest BCUT2D eigenvalue weighted by atomic mass is 9.86. The van der Waals surface area contributed by atoms with Crippen LogP contribution < -0.4 is 25.6 Å². The van der Waals surface area contributed by atoms with Gasteiger partial charge in [0.1, 0.15) is 34.8 Å². The summed E-state index contributed by atoms with van der Waals surface area (Å²) in [6.07, 6.45) is -4.71. The third kappa shape index (κ3) is 7.26. The van der Waals surface area contributed by atoms with E-state index in [1.54, 1.807) is 0 Å². The largest absolute Gasteiger partial charge is 0.497 e. The molecule has 3 amide bonds. The van der Waals surface area contributed by atoms with Crippen molar-refractivity contribution in [2.75, 3.05) is 37.1 Å². The molecule has 3 heterocycles. The molecular weight excluding hydrogens is 627 g/mol. The third-order valence-electron chi connectivity index (χ3n) is 8.77. The summed E-state index contributed by atoms with van der Waals surface area (Å²) in [5, 5.41) is 7.86. The zero-order valence-corrected chi connectivity index (χ0v) is 24.8. The van der Waals surface area contributed by atoms with Crippen molar-refractivity contribution in [3.8, 4) is 5.75 Å². The summed E-state index contributed by atoms with van der Waals surface area (Å²) in [6, 6.07) is -0.632. The molecule has 3 N–H and O–H groups in total. The Morgan fingerprint density at radius 1 is 1.02 bits per heavy atom. The Kier molecular flexibility index (Phi) is 10.1. The van der Waals surface area contributed by atoms with Crippen LogP contribution >= 0.6 is 0 Å². The predicted molar refractivity (Wildman–Crippen MR) is 152 cm³/mol. The van der Waals surface area contributed by atoms with E-state index in [9.17, 15) is 31.5 Å². The van der Waals surface area contributed by atoms with Crippen LogP contribution in [0, 0.1) is 17.6 Å². The van der Waals surface area contributed by atoms with Crippen LogP contribution in [-0.2, 0) is 15.7 Å². The number of pyridine rings is 1. The fourth-order valence-electron chi connectivity index (χ4n) is 6.38. The molecule has 1 aliphatic carbocycles. The molecule has 5 rings (SSSR count). The molecule has 3 aliphatic rings. The number of amides is 3. The molecule has 16 heteroatoms. The summed E-state index contributed by atoms with van der Waals surface area (Å²) >= 11 is 0. The highest BCUT2D eigenvalue weighted by Gasteiger charge is 2.49. The van der Waals surface area contributed by atoms with Crippen LogP contribution in [0.5, 0.6) is 5.75 Å². The van der Waals surface area contributed by atoms with Crippen molar-refractivity contribution < 1.29 is 49.8 Å². The van der Waals surface area contributed by atoms with Gasteiger partial charge in [-0.25, -0.2) is 27.3 Å². The Bertz CT molecular complexity index is 1390. The third-order valence-corrected chi connectivity index (χ3v) is 8.77. The van der Waals surface area contributed by atoms with Crippen molar-refractivity contribution in [2.45, 2.75) is 75.2 Å². The number of rotatable bonds is 8. The number of methoxy groups -OCH3 is 1. The van der Waals surface area contributed by atoms with Crippen molar-refractivity contribution in [1.29, 1.82) is 0 Å². The second kappa shape index (κ2) is 13.9. The smallest absolute Gasteiger partial charge is 0.421 e. The van der Waals surface area contributed by atoms with E-state index in [1.165, 1.54) is 7.11 Å². The molecule has 252 valence electrons. The normalized spacial score (nSPS) is 24.3. The quantitative estimate of drug-likeness (QED) is 0.319. The number of nitrogens with one attached hydrogen (secondary N) is 3. The number of benzene rings is 1. The number of aromatic nitrogens is 1. The Labute approximate surface area is 260 Å². The minimum atomic E-state index is -5.00. The first-order chi connectivity index (χ1) is 21.9. The molecule has 1 saturated carbocycles. The maximum Gasteiger partial charge on any atom is 0.421 e. The van der Waals surface area contributed by atoms with Crippen LogP contribution in [0.2, 0.25) is 0 Å². The van der Waals surface area contributed by atoms with E-state index in [4.69, 9.17) is 9.47 Å². The molecule has 2 aromatic rings. The molecule has 0 unspecified atom stereocenters. The lowest BCUT2D eigenvalue weighted by Gasteiger charge is -2.29. The molecule has 0 radical (unpaired) electrons.